The minimum absolute atomic E-state index is 0.454. The van der Waals surface area contributed by atoms with E-state index in [1.807, 2.05) is 25.1 Å². The van der Waals surface area contributed by atoms with Crippen molar-refractivity contribution < 1.29 is 19.0 Å². The van der Waals surface area contributed by atoms with E-state index in [2.05, 4.69) is 15.9 Å². The van der Waals surface area contributed by atoms with Crippen molar-refractivity contribution in [2.75, 3.05) is 14.2 Å². The summed E-state index contributed by atoms with van der Waals surface area (Å²) in [7, 11) is 3.14. The lowest BCUT2D eigenvalue weighted by atomic mass is 10.2. The lowest BCUT2D eigenvalue weighted by Gasteiger charge is -2.07. The molecule has 0 amide bonds. The van der Waals surface area contributed by atoms with E-state index < -0.39 is 5.97 Å². The zero-order chi connectivity index (χ0) is 16.8. The highest BCUT2D eigenvalue weighted by atomic mass is 79.9. The number of carbonyl (C=O) groups is 1. The molecule has 0 bridgehead atoms. The maximum absolute atomic E-state index is 11.9. The minimum Gasteiger partial charge on any atom is -0.493 e. The molecule has 0 aliphatic rings. The van der Waals surface area contributed by atoms with Gasteiger partial charge in [0.05, 0.1) is 18.7 Å². The third kappa shape index (κ3) is 4.60. The highest BCUT2D eigenvalue weighted by molar-refractivity contribution is 9.10. The van der Waals surface area contributed by atoms with Crippen molar-refractivity contribution in [2.45, 2.75) is 6.92 Å². The van der Waals surface area contributed by atoms with Gasteiger partial charge in [0, 0.05) is 6.08 Å². The summed E-state index contributed by atoms with van der Waals surface area (Å²) in [5.41, 5.74) is 1.89. The summed E-state index contributed by atoms with van der Waals surface area (Å²) in [6.45, 7) is 1.97. The van der Waals surface area contributed by atoms with Crippen LogP contribution in [-0.2, 0) is 4.79 Å². The molecule has 5 heteroatoms. The van der Waals surface area contributed by atoms with Crippen LogP contribution in [-0.4, -0.2) is 20.2 Å². The van der Waals surface area contributed by atoms with Gasteiger partial charge in [-0.1, -0.05) is 12.1 Å². The molecule has 2 rings (SSSR count). The van der Waals surface area contributed by atoms with E-state index in [0.29, 0.717) is 17.2 Å². The Morgan fingerprint density at radius 2 is 1.70 bits per heavy atom. The first-order valence-corrected chi connectivity index (χ1v) is 7.71. The van der Waals surface area contributed by atoms with Gasteiger partial charge in [-0.05, 0) is 64.3 Å². The summed E-state index contributed by atoms with van der Waals surface area (Å²) in [6.07, 6.45) is 3.03. The Kier molecular flexibility index (Phi) is 5.82. The number of halogens is 1. The predicted octanol–water partition coefficient (Wildman–Crippen LogP) is 4.39. The van der Waals surface area contributed by atoms with Crippen molar-refractivity contribution in [1.82, 2.24) is 0 Å². The third-order valence-electron chi connectivity index (χ3n) is 3.12. The number of methoxy groups -OCH3 is 2. The predicted molar refractivity (Wildman–Crippen MR) is 93.1 cm³/mol. The van der Waals surface area contributed by atoms with Crippen molar-refractivity contribution in [3.63, 3.8) is 0 Å². The first-order valence-electron chi connectivity index (χ1n) is 6.91. The molecule has 0 N–H and O–H groups in total. The van der Waals surface area contributed by atoms with Crippen LogP contribution in [0.3, 0.4) is 0 Å². The fourth-order valence-electron chi connectivity index (χ4n) is 1.95. The van der Waals surface area contributed by atoms with Gasteiger partial charge >= 0.3 is 5.97 Å². The van der Waals surface area contributed by atoms with Crippen LogP contribution in [0.5, 0.6) is 17.2 Å². The lowest BCUT2D eigenvalue weighted by molar-refractivity contribution is -0.128. The summed E-state index contributed by atoms with van der Waals surface area (Å²) >= 11 is 3.37. The number of aryl methyl sites for hydroxylation is 1. The molecular formula is C18H17BrO4. The Hall–Kier alpha value is -2.27. The number of hydrogen-bond donors (Lipinski definition) is 0. The quantitative estimate of drug-likeness (QED) is 0.440. The first-order chi connectivity index (χ1) is 11.0. The number of esters is 1. The van der Waals surface area contributed by atoms with Gasteiger partial charge in [-0.15, -0.1) is 0 Å². The highest BCUT2D eigenvalue weighted by Crippen LogP contribution is 2.28. The summed E-state index contributed by atoms with van der Waals surface area (Å²) in [4.78, 5) is 11.9. The molecule has 0 saturated heterocycles. The molecule has 0 fully saturated rings. The van der Waals surface area contributed by atoms with E-state index in [1.54, 1.807) is 38.5 Å². The van der Waals surface area contributed by atoms with Gasteiger partial charge in [0.1, 0.15) is 5.75 Å². The maximum atomic E-state index is 11.9. The zero-order valence-corrected chi connectivity index (χ0v) is 14.7. The van der Waals surface area contributed by atoms with E-state index in [0.717, 1.165) is 15.6 Å². The van der Waals surface area contributed by atoms with Gasteiger partial charge in [-0.3, -0.25) is 0 Å². The molecule has 0 radical (unpaired) electrons. The van der Waals surface area contributed by atoms with Gasteiger partial charge < -0.3 is 14.2 Å². The molecule has 0 spiro atoms. The van der Waals surface area contributed by atoms with Crippen LogP contribution in [0.2, 0.25) is 0 Å². The number of ether oxygens (including phenoxy) is 3. The largest absolute Gasteiger partial charge is 0.493 e. The zero-order valence-electron chi connectivity index (χ0n) is 13.1. The number of benzene rings is 2. The van der Waals surface area contributed by atoms with Crippen molar-refractivity contribution >= 4 is 28.0 Å². The third-order valence-corrected chi connectivity index (χ3v) is 3.74. The average molecular weight is 377 g/mol. The van der Waals surface area contributed by atoms with Crippen LogP contribution in [0.4, 0.5) is 0 Å². The molecule has 120 valence electrons. The van der Waals surface area contributed by atoms with Gasteiger partial charge in [-0.25, -0.2) is 4.79 Å². The van der Waals surface area contributed by atoms with Crippen LogP contribution in [0, 0.1) is 6.92 Å². The molecule has 23 heavy (non-hydrogen) atoms. The smallest absolute Gasteiger partial charge is 0.336 e. The average Bonchev–Trinajstić information content (AvgIpc) is 2.55. The van der Waals surface area contributed by atoms with Gasteiger partial charge in [-0.2, -0.15) is 0 Å². The van der Waals surface area contributed by atoms with E-state index in [-0.39, 0.29) is 0 Å². The molecule has 2 aromatic rings. The van der Waals surface area contributed by atoms with Gasteiger partial charge in [0.25, 0.3) is 0 Å². The second kappa shape index (κ2) is 7.83. The molecule has 0 aliphatic carbocycles. The standard InChI is InChI=1S/C18H17BrO4/c1-12-4-7-15(14(19)10-12)23-18(20)9-6-13-5-8-16(21-2)17(11-13)22-3/h4-11H,1-3H3/b9-6+. The summed E-state index contributed by atoms with van der Waals surface area (Å²) in [6, 6.07) is 10.9. The molecule has 0 unspecified atom stereocenters. The van der Waals surface area contributed by atoms with Crippen LogP contribution < -0.4 is 14.2 Å². The molecule has 0 saturated carbocycles. The van der Waals surface area contributed by atoms with Crippen LogP contribution >= 0.6 is 15.9 Å². The summed E-state index contributed by atoms with van der Waals surface area (Å²) in [5.74, 6) is 1.27. The number of hydrogen-bond acceptors (Lipinski definition) is 4. The molecule has 0 heterocycles. The summed E-state index contributed by atoms with van der Waals surface area (Å²) in [5, 5.41) is 0. The molecular weight excluding hydrogens is 360 g/mol. The first kappa shape index (κ1) is 17.1. The Labute approximate surface area is 143 Å². The Morgan fingerprint density at radius 1 is 1.00 bits per heavy atom. The van der Waals surface area contributed by atoms with E-state index in [4.69, 9.17) is 14.2 Å². The van der Waals surface area contributed by atoms with Crippen LogP contribution in [0.25, 0.3) is 6.08 Å². The normalized spacial score (nSPS) is 10.6. The lowest BCUT2D eigenvalue weighted by Crippen LogP contribution is -2.04. The van der Waals surface area contributed by atoms with Gasteiger partial charge in [0.15, 0.2) is 11.5 Å². The van der Waals surface area contributed by atoms with Gasteiger partial charge in [0.2, 0.25) is 0 Å². The SMILES string of the molecule is COc1ccc(/C=C/C(=O)Oc2ccc(C)cc2Br)cc1OC. The Bertz CT molecular complexity index is 738. The second-order valence-electron chi connectivity index (χ2n) is 4.80. The minimum atomic E-state index is -0.454. The van der Waals surface area contributed by atoms with Crippen molar-refractivity contribution in [2.24, 2.45) is 0 Å². The maximum Gasteiger partial charge on any atom is 0.336 e. The molecule has 0 atom stereocenters. The van der Waals surface area contributed by atoms with E-state index >= 15 is 0 Å². The van der Waals surface area contributed by atoms with E-state index in [1.165, 1.54) is 6.08 Å². The topological polar surface area (TPSA) is 44.8 Å². The monoisotopic (exact) mass is 376 g/mol. The van der Waals surface area contributed by atoms with Crippen LogP contribution in [0.15, 0.2) is 46.9 Å². The second-order valence-corrected chi connectivity index (χ2v) is 5.66. The highest BCUT2D eigenvalue weighted by Gasteiger charge is 2.06. The fraction of sp³-hybridized carbons (Fsp3) is 0.167. The Morgan fingerprint density at radius 3 is 2.35 bits per heavy atom. The molecule has 0 aromatic heterocycles. The molecule has 4 nitrogen and oxygen atoms in total. The summed E-state index contributed by atoms with van der Waals surface area (Å²) < 4.78 is 16.4. The fourth-order valence-corrected chi connectivity index (χ4v) is 2.53. The van der Waals surface area contributed by atoms with Crippen molar-refractivity contribution in [3.05, 3.63) is 58.1 Å². The van der Waals surface area contributed by atoms with E-state index in [9.17, 15) is 4.79 Å². The van der Waals surface area contributed by atoms with Crippen molar-refractivity contribution in [1.29, 1.82) is 0 Å². The van der Waals surface area contributed by atoms with Crippen molar-refractivity contribution in [3.8, 4) is 17.2 Å². The molecule has 2 aromatic carbocycles. The Balaban J connectivity index is 2.09. The number of carbonyl (C=O) groups excluding carboxylic acids is 1. The number of rotatable bonds is 5. The molecule has 0 aliphatic heterocycles. The van der Waals surface area contributed by atoms with Crippen LogP contribution in [0.1, 0.15) is 11.1 Å².